The predicted molar refractivity (Wildman–Crippen MR) is 87.2 cm³/mol. The third-order valence-electron chi connectivity index (χ3n) is 4.59. The molecule has 1 aliphatic heterocycles. The van der Waals surface area contributed by atoms with Crippen LogP contribution in [0.4, 0.5) is 5.69 Å². The van der Waals surface area contributed by atoms with Gasteiger partial charge in [-0.05, 0) is 50.0 Å². The molecule has 112 valence electrons. The average Bonchev–Trinajstić information content (AvgIpc) is 2.93. The number of benzene rings is 1. The van der Waals surface area contributed by atoms with Crippen LogP contribution in [-0.2, 0) is 0 Å². The fraction of sp³-hybridized carbons (Fsp3) is 0.647. The van der Waals surface area contributed by atoms with Crippen LogP contribution in [0.5, 0.6) is 0 Å². The maximum atomic E-state index is 6.07. The Morgan fingerprint density at radius 3 is 2.60 bits per heavy atom. The lowest BCUT2D eigenvalue weighted by Crippen LogP contribution is -2.38. The first-order valence-corrected chi connectivity index (χ1v) is 7.96. The van der Waals surface area contributed by atoms with Gasteiger partial charge in [0.1, 0.15) is 0 Å². The molecule has 1 aliphatic rings. The highest BCUT2D eigenvalue weighted by molar-refractivity contribution is 5.47. The van der Waals surface area contributed by atoms with E-state index in [1.165, 1.54) is 37.2 Å². The largest absolute Gasteiger partial charge is 0.373 e. The molecular formula is C17H29N3. The summed E-state index contributed by atoms with van der Waals surface area (Å²) in [6, 6.07) is 9.63. The van der Waals surface area contributed by atoms with Crippen LogP contribution in [0.2, 0.25) is 0 Å². The van der Waals surface area contributed by atoms with E-state index in [4.69, 9.17) is 5.73 Å². The predicted octanol–water partition coefficient (Wildman–Crippen LogP) is 3.02. The summed E-state index contributed by atoms with van der Waals surface area (Å²) in [4.78, 5) is 4.97. The molecule has 0 aromatic heterocycles. The molecular weight excluding hydrogens is 246 g/mol. The molecule has 0 spiro atoms. The van der Waals surface area contributed by atoms with E-state index in [1.807, 2.05) is 0 Å². The second kappa shape index (κ2) is 7.09. The van der Waals surface area contributed by atoms with Crippen molar-refractivity contribution in [2.75, 3.05) is 31.6 Å². The monoisotopic (exact) mass is 275 g/mol. The fourth-order valence-electron chi connectivity index (χ4n) is 3.15. The molecule has 2 N–H and O–H groups in total. The Hall–Kier alpha value is -1.06. The van der Waals surface area contributed by atoms with Gasteiger partial charge in [0.25, 0.3) is 0 Å². The zero-order chi connectivity index (χ0) is 14.5. The lowest BCUT2D eigenvalue weighted by atomic mass is 10.0. The van der Waals surface area contributed by atoms with E-state index in [9.17, 15) is 0 Å². The SMILES string of the molecule is CC[C@H](N)c1ccc(N(C)CC2CCCN2CC)cc1. The van der Waals surface area contributed by atoms with Gasteiger partial charge in [-0.2, -0.15) is 0 Å². The number of nitrogens with zero attached hydrogens (tertiary/aromatic N) is 2. The number of nitrogens with two attached hydrogens (primary N) is 1. The van der Waals surface area contributed by atoms with Gasteiger partial charge in [0.2, 0.25) is 0 Å². The second-order valence-electron chi connectivity index (χ2n) is 5.91. The molecule has 3 heteroatoms. The summed E-state index contributed by atoms with van der Waals surface area (Å²) >= 11 is 0. The van der Waals surface area contributed by atoms with Crippen LogP contribution in [0, 0.1) is 0 Å². The van der Waals surface area contributed by atoms with Crippen LogP contribution in [0.1, 0.15) is 44.7 Å². The van der Waals surface area contributed by atoms with Crippen molar-refractivity contribution in [3.8, 4) is 0 Å². The quantitative estimate of drug-likeness (QED) is 0.866. The Labute approximate surface area is 123 Å². The molecule has 0 aliphatic carbocycles. The van der Waals surface area contributed by atoms with Crippen LogP contribution in [0.25, 0.3) is 0 Å². The van der Waals surface area contributed by atoms with Crippen molar-refractivity contribution < 1.29 is 0 Å². The van der Waals surface area contributed by atoms with Crippen molar-refractivity contribution in [3.63, 3.8) is 0 Å². The zero-order valence-electron chi connectivity index (χ0n) is 13.2. The summed E-state index contributed by atoms with van der Waals surface area (Å²) < 4.78 is 0. The lowest BCUT2D eigenvalue weighted by molar-refractivity contribution is 0.270. The van der Waals surface area contributed by atoms with Gasteiger partial charge in [-0.15, -0.1) is 0 Å². The molecule has 1 saturated heterocycles. The lowest BCUT2D eigenvalue weighted by Gasteiger charge is -2.29. The van der Waals surface area contributed by atoms with Crippen molar-refractivity contribution in [1.82, 2.24) is 4.90 Å². The van der Waals surface area contributed by atoms with Gasteiger partial charge in [0.05, 0.1) is 0 Å². The molecule has 0 bridgehead atoms. The Bertz CT molecular complexity index is 401. The highest BCUT2D eigenvalue weighted by Gasteiger charge is 2.24. The highest BCUT2D eigenvalue weighted by atomic mass is 15.2. The van der Waals surface area contributed by atoms with Crippen LogP contribution in [0.15, 0.2) is 24.3 Å². The minimum Gasteiger partial charge on any atom is -0.373 e. The van der Waals surface area contributed by atoms with E-state index >= 15 is 0 Å². The molecule has 1 heterocycles. The van der Waals surface area contributed by atoms with Gasteiger partial charge in [-0.3, -0.25) is 4.90 Å². The van der Waals surface area contributed by atoms with Crippen molar-refractivity contribution in [2.45, 2.75) is 45.2 Å². The Kier molecular flexibility index (Phi) is 5.44. The molecule has 1 fully saturated rings. The van der Waals surface area contributed by atoms with Crippen LogP contribution < -0.4 is 10.6 Å². The summed E-state index contributed by atoms with van der Waals surface area (Å²) in [5.74, 6) is 0. The summed E-state index contributed by atoms with van der Waals surface area (Å²) in [5.41, 5.74) is 8.60. The van der Waals surface area contributed by atoms with Gasteiger partial charge in [-0.25, -0.2) is 0 Å². The Balaban J connectivity index is 1.97. The summed E-state index contributed by atoms with van der Waals surface area (Å²) in [5, 5.41) is 0. The number of rotatable bonds is 6. The standard InChI is InChI=1S/C17H29N3/c1-4-17(18)14-8-10-15(11-9-14)19(3)13-16-7-6-12-20(16)5-2/h8-11,16-17H,4-7,12-13,18H2,1-3H3/t16?,17-/m0/s1. The van der Waals surface area contributed by atoms with Crippen LogP contribution in [0.3, 0.4) is 0 Å². The first-order chi connectivity index (χ1) is 9.65. The molecule has 1 aromatic carbocycles. The van der Waals surface area contributed by atoms with E-state index < -0.39 is 0 Å². The Morgan fingerprint density at radius 1 is 1.30 bits per heavy atom. The molecule has 2 atom stereocenters. The van der Waals surface area contributed by atoms with E-state index in [2.05, 4.69) is 55.0 Å². The molecule has 2 rings (SSSR count). The van der Waals surface area contributed by atoms with Gasteiger partial charge in [0.15, 0.2) is 0 Å². The second-order valence-corrected chi connectivity index (χ2v) is 5.91. The van der Waals surface area contributed by atoms with Gasteiger partial charge < -0.3 is 10.6 Å². The van der Waals surface area contributed by atoms with Crippen LogP contribution in [-0.4, -0.2) is 37.6 Å². The molecule has 20 heavy (non-hydrogen) atoms. The average molecular weight is 275 g/mol. The zero-order valence-corrected chi connectivity index (χ0v) is 13.2. The van der Waals surface area contributed by atoms with E-state index in [0.29, 0.717) is 6.04 Å². The summed E-state index contributed by atoms with van der Waals surface area (Å²) in [6.07, 6.45) is 3.66. The highest BCUT2D eigenvalue weighted by Crippen LogP contribution is 2.22. The number of hydrogen-bond acceptors (Lipinski definition) is 3. The minimum atomic E-state index is 0.166. The third kappa shape index (κ3) is 3.53. The van der Waals surface area contributed by atoms with Gasteiger partial charge >= 0.3 is 0 Å². The third-order valence-corrected chi connectivity index (χ3v) is 4.59. The number of anilines is 1. The van der Waals surface area contributed by atoms with Gasteiger partial charge in [-0.1, -0.05) is 26.0 Å². The number of hydrogen-bond donors (Lipinski definition) is 1. The normalized spacial score (nSPS) is 21.1. The maximum absolute atomic E-state index is 6.07. The van der Waals surface area contributed by atoms with E-state index in [-0.39, 0.29) is 6.04 Å². The van der Waals surface area contributed by atoms with Crippen molar-refractivity contribution in [3.05, 3.63) is 29.8 Å². The van der Waals surface area contributed by atoms with E-state index in [0.717, 1.165) is 13.0 Å². The first kappa shape index (κ1) is 15.3. The van der Waals surface area contributed by atoms with Crippen molar-refractivity contribution in [2.24, 2.45) is 5.73 Å². The maximum Gasteiger partial charge on any atom is 0.0364 e. The fourth-order valence-corrected chi connectivity index (χ4v) is 3.15. The van der Waals surface area contributed by atoms with Gasteiger partial charge in [0, 0.05) is 31.4 Å². The number of likely N-dealkylation sites (tertiary alicyclic amines) is 1. The summed E-state index contributed by atoms with van der Waals surface area (Å²) in [7, 11) is 2.20. The molecule has 0 saturated carbocycles. The molecule has 0 amide bonds. The minimum absolute atomic E-state index is 0.166. The molecule has 1 unspecified atom stereocenters. The number of likely N-dealkylation sites (N-methyl/N-ethyl adjacent to an activating group) is 2. The van der Waals surface area contributed by atoms with Crippen molar-refractivity contribution >= 4 is 5.69 Å². The molecule has 3 nitrogen and oxygen atoms in total. The van der Waals surface area contributed by atoms with Crippen LogP contribution >= 0.6 is 0 Å². The molecule has 1 aromatic rings. The first-order valence-electron chi connectivity index (χ1n) is 7.96. The molecule has 0 radical (unpaired) electrons. The van der Waals surface area contributed by atoms with Crippen molar-refractivity contribution in [1.29, 1.82) is 0 Å². The topological polar surface area (TPSA) is 32.5 Å². The smallest absolute Gasteiger partial charge is 0.0364 e. The van der Waals surface area contributed by atoms with E-state index in [1.54, 1.807) is 0 Å². The Morgan fingerprint density at radius 2 is 2.00 bits per heavy atom. The summed E-state index contributed by atoms with van der Waals surface area (Å²) in [6.45, 7) is 7.94.